The highest BCUT2D eigenvalue weighted by Gasteiger charge is 2.30. The van der Waals surface area contributed by atoms with Crippen LogP contribution in [0.25, 0.3) is 0 Å². The molecule has 0 spiro atoms. The van der Waals surface area contributed by atoms with Crippen LogP contribution in [0.15, 0.2) is 42.5 Å². The average Bonchev–Trinajstić information content (AvgIpc) is 2.74. The Balaban J connectivity index is 1.35. The summed E-state index contributed by atoms with van der Waals surface area (Å²) in [7, 11) is 0. The lowest BCUT2D eigenvalue weighted by molar-refractivity contribution is 0.0558. The largest absolute Gasteiger partial charge is 0.369 e. The molecule has 0 unspecified atom stereocenters. The second kappa shape index (κ2) is 8.27. The highest BCUT2D eigenvalue weighted by atomic mass is 19.1. The van der Waals surface area contributed by atoms with Crippen molar-refractivity contribution < 1.29 is 9.18 Å². The van der Waals surface area contributed by atoms with Crippen molar-refractivity contribution in [3.05, 3.63) is 59.7 Å². The van der Waals surface area contributed by atoms with Crippen LogP contribution in [-0.4, -0.2) is 66.0 Å². The Kier molecular flexibility index (Phi) is 5.57. The van der Waals surface area contributed by atoms with E-state index in [0.29, 0.717) is 11.7 Å². The van der Waals surface area contributed by atoms with Crippen LogP contribution in [0, 0.1) is 12.7 Å². The van der Waals surface area contributed by atoms with E-state index >= 15 is 0 Å². The zero-order valence-electron chi connectivity index (χ0n) is 16.4. The Hall–Kier alpha value is -2.47. The first-order chi connectivity index (χ1) is 13.6. The van der Waals surface area contributed by atoms with Crippen molar-refractivity contribution in [2.75, 3.05) is 44.2 Å². The van der Waals surface area contributed by atoms with Crippen LogP contribution in [0.5, 0.6) is 0 Å². The number of hydrogen-bond donors (Lipinski definition) is 0. The van der Waals surface area contributed by atoms with Crippen molar-refractivity contribution >= 4 is 11.6 Å². The van der Waals surface area contributed by atoms with E-state index in [-0.39, 0.29) is 11.7 Å². The van der Waals surface area contributed by atoms with Crippen molar-refractivity contribution in [3.63, 3.8) is 0 Å². The van der Waals surface area contributed by atoms with E-state index in [1.165, 1.54) is 12.1 Å². The van der Waals surface area contributed by atoms with Gasteiger partial charge in [-0.3, -0.25) is 9.69 Å². The summed E-state index contributed by atoms with van der Waals surface area (Å²) in [4.78, 5) is 24.0. The number of aromatic nitrogens is 1. The zero-order chi connectivity index (χ0) is 19.5. The Morgan fingerprint density at radius 1 is 1.04 bits per heavy atom. The number of halogens is 1. The molecular formula is C22H27FN4O. The second-order valence-electron chi connectivity index (χ2n) is 7.71. The molecule has 3 heterocycles. The Labute approximate surface area is 165 Å². The number of rotatable bonds is 3. The molecule has 6 heteroatoms. The zero-order valence-corrected chi connectivity index (χ0v) is 16.4. The lowest BCUT2D eigenvalue weighted by atomic mass is 10.0. The van der Waals surface area contributed by atoms with Gasteiger partial charge in [0, 0.05) is 56.7 Å². The van der Waals surface area contributed by atoms with Gasteiger partial charge in [0.2, 0.25) is 0 Å². The quantitative estimate of drug-likeness (QED) is 0.818. The summed E-state index contributed by atoms with van der Waals surface area (Å²) < 4.78 is 13.1. The minimum Gasteiger partial charge on any atom is -0.369 e. The molecule has 4 rings (SSSR count). The predicted octanol–water partition coefficient (Wildman–Crippen LogP) is 2.96. The summed E-state index contributed by atoms with van der Waals surface area (Å²) in [5.41, 5.74) is 2.49. The van der Waals surface area contributed by atoms with Gasteiger partial charge in [-0.15, -0.1) is 0 Å². The smallest absolute Gasteiger partial charge is 0.272 e. The van der Waals surface area contributed by atoms with Gasteiger partial charge < -0.3 is 9.80 Å². The highest BCUT2D eigenvalue weighted by Crippen LogP contribution is 2.22. The van der Waals surface area contributed by atoms with E-state index in [0.717, 1.165) is 63.5 Å². The maximum atomic E-state index is 13.1. The summed E-state index contributed by atoms with van der Waals surface area (Å²) in [6.07, 6.45) is 2.15. The third kappa shape index (κ3) is 4.17. The van der Waals surface area contributed by atoms with Gasteiger partial charge in [-0.1, -0.05) is 6.07 Å². The molecule has 1 aromatic carbocycles. The molecule has 0 radical (unpaired) electrons. The molecule has 1 amide bonds. The summed E-state index contributed by atoms with van der Waals surface area (Å²) in [5.74, 6) is -0.157. The first-order valence-electron chi connectivity index (χ1n) is 10.1. The molecule has 0 N–H and O–H groups in total. The van der Waals surface area contributed by atoms with Crippen LogP contribution in [0.4, 0.5) is 10.1 Å². The number of piperazine rings is 1. The summed E-state index contributed by atoms with van der Waals surface area (Å²) >= 11 is 0. The number of hydrogen-bond acceptors (Lipinski definition) is 4. The van der Waals surface area contributed by atoms with Crippen molar-refractivity contribution in [1.29, 1.82) is 0 Å². The standard InChI is InChI=1S/C22H27FN4O/c1-17-4-2-6-21(24-17)22(28)27-11-3-5-20(16-27)26-14-12-25(13-15-26)19-9-7-18(23)8-10-19/h2,4,6-10,20H,3,5,11-16H2,1H3/t20-/m0/s1. The van der Waals surface area contributed by atoms with Crippen molar-refractivity contribution in [2.24, 2.45) is 0 Å². The third-order valence-corrected chi connectivity index (χ3v) is 5.81. The number of anilines is 1. The molecule has 148 valence electrons. The van der Waals surface area contributed by atoms with Gasteiger partial charge >= 0.3 is 0 Å². The summed E-state index contributed by atoms with van der Waals surface area (Å²) in [6, 6.07) is 12.7. The molecule has 1 aromatic heterocycles. The first kappa shape index (κ1) is 18.9. The Morgan fingerprint density at radius 3 is 2.50 bits per heavy atom. The third-order valence-electron chi connectivity index (χ3n) is 5.81. The van der Waals surface area contributed by atoms with Crippen molar-refractivity contribution in [1.82, 2.24) is 14.8 Å². The van der Waals surface area contributed by atoms with Crippen molar-refractivity contribution in [2.45, 2.75) is 25.8 Å². The summed E-state index contributed by atoms with van der Waals surface area (Å²) in [6.45, 7) is 7.27. The van der Waals surface area contributed by atoms with Crippen LogP contribution < -0.4 is 4.90 Å². The van der Waals surface area contributed by atoms with Crippen LogP contribution >= 0.6 is 0 Å². The molecule has 1 atom stereocenters. The van der Waals surface area contributed by atoms with Crippen LogP contribution in [0.1, 0.15) is 29.0 Å². The van der Waals surface area contributed by atoms with E-state index < -0.39 is 0 Å². The number of aryl methyl sites for hydroxylation is 1. The fourth-order valence-corrected chi connectivity index (χ4v) is 4.26. The number of carbonyl (C=O) groups excluding carboxylic acids is 1. The molecule has 28 heavy (non-hydrogen) atoms. The fraction of sp³-hybridized carbons (Fsp3) is 0.455. The van der Waals surface area contributed by atoms with Gasteiger partial charge in [0.1, 0.15) is 11.5 Å². The number of pyridine rings is 1. The first-order valence-corrected chi connectivity index (χ1v) is 10.1. The van der Waals surface area contributed by atoms with Gasteiger partial charge in [-0.05, 0) is 56.2 Å². The molecule has 2 saturated heterocycles. The molecule has 5 nitrogen and oxygen atoms in total. The van der Waals surface area contributed by atoms with Gasteiger partial charge in [0.15, 0.2) is 0 Å². The van der Waals surface area contributed by atoms with Crippen LogP contribution in [0.2, 0.25) is 0 Å². The molecule has 2 aromatic rings. The molecule has 0 saturated carbocycles. The Morgan fingerprint density at radius 2 is 1.79 bits per heavy atom. The van der Waals surface area contributed by atoms with Gasteiger partial charge in [0.05, 0.1) is 0 Å². The number of amides is 1. The lowest BCUT2D eigenvalue weighted by Crippen LogP contribution is -2.56. The van der Waals surface area contributed by atoms with Gasteiger partial charge in [-0.2, -0.15) is 0 Å². The monoisotopic (exact) mass is 382 g/mol. The molecule has 0 bridgehead atoms. The topological polar surface area (TPSA) is 39.7 Å². The number of piperidine rings is 1. The fourth-order valence-electron chi connectivity index (χ4n) is 4.26. The average molecular weight is 382 g/mol. The van der Waals surface area contributed by atoms with Crippen LogP contribution in [0.3, 0.4) is 0 Å². The number of benzene rings is 1. The molecule has 2 fully saturated rings. The minimum absolute atomic E-state index is 0.0401. The SMILES string of the molecule is Cc1cccc(C(=O)N2CCC[C@H](N3CCN(c4ccc(F)cc4)CC3)C2)n1. The number of carbonyl (C=O) groups is 1. The lowest BCUT2D eigenvalue weighted by Gasteiger charge is -2.43. The molecule has 0 aliphatic carbocycles. The van der Waals surface area contributed by atoms with Crippen molar-refractivity contribution in [3.8, 4) is 0 Å². The van der Waals surface area contributed by atoms with E-state index in [4.69, 9.17) is 0 Å². The van der Waals surface area contributed by atoms with E-state index in [2.05, 4.69) is 14.8 Å². The second-order valence-corrected chi connectivity index (χ2v) is 7.71. The van der Waals surface area contributed by atoms with E-state index in [1.54, 1.807) is 6.07 Å². The number of likely N-dealkylation sites (tertiary alicyclic amines) is 1. The highest BCUT2D eigenvalue weighted by molar-refractivity contribution is 5.92. The van der Waals surface area contributed by atoms with E-state index in [1.807, 2.05) is 36.1 Å². The number of nitrogens with zero attached hydrogens (tertiary/aromatic N) is 4. The minimum atomic E-state index is -0.197. The molecule has 2 aliphatic heterocycles. The van der Waals surface area contributed by atoms with Crippen LogP contribution in [-0.2, 0) is 0 Å². The summed E-state index contributed by atoms with van der Waals surface area (Å²) in [5, 5.41) is 0. The van der Waals surface area contributed by atoms with E-state index in [9.17, 15) is 9.18 Å². The Bertz CT molecular complexity index is 818. The molecular weight excluding hydrogens is 355 g/mol. The van der Waals surface area contributed by atoms with Gasteiger partial charge in [0.25, 0.3) is 5.91 Å². The maximum absolute atomic E-state index is 13.1. The predicted molar refractivity (Wildman–Crippen MR) is 108 cm³/mol. The maximum Gasteiger partial charge on any atom is 0.272 e. The molecule has 2 aliphatic rings. The normalized spacial score (nSPS) is 21.0. The van der Waals surface area contributed by atoms with Gasteiger partial charge in [-0.25, -0.2) is 9.37 Å².